The molecule has 2 heterocycles. The lowest BCUT2D eigenvalue weighted by Gasteiger charge is -2.28. The van der Waals surface area contributed by atoms with Gasteiger partial charge in [-0.05, 0) is 49.4 Å². The van der Waals surface area contributed by atoms with E-state index in [1.54, 1.807) is 6.20 Å². The number of urea groups is 1. The number of rotatable bonds is 4. The maximum absolute atomic E-state index is 12.1. The van der Waals surface area contributed by atoms with Gasteiger partial charge in [0.15, 0.2) is 0 Å². The first-order chi connectivity index (χ1) is 15.8. The smallest absolute Gasteiger partial charge is 0.317 e. The van der Waals surface area contributed by atoms with Gasteiger partial charge in [0.05, 0.1) is 0 Å². The maximum Gasteiger partial charge on any atom is 0.317 e. The molecule has 1 aromatic heterocycles. The number of piperidine rings is 1. The van der Waals surface area contributed by atoms with E-state index in [0.717, 1.165) is 50.1 Å². The molecule has 2 amide bonds. The molecule has 3 aromatic rings. The first-order valence-corrected chi connectivity index (χ1v) is 11.2. The Morgan fingerprint density at radius 1 is 0.938 bits per heavy atom. The van der Waals surface area contributed by atoms with Crippen LogP contribution in [0.5, 0.6) is 11.6 Å². The highest BCUT2D eigenvalue weighted by molar-refractivity contribution is 5.75. The summed E-state index contributed by atoms with van der Waals surface area (Å²) in [5.41, 5.74) is 2.49. The molecule has 1 aliphatic carbocycles. The van der Waals surface area contributed by atoms with Crippen LogP contribution in [0.1, 0.15) is 31.2 Å². The van der Waals surface area contributed by atoms with Crippen molar-refractivity contribution in [3.63, 3.8) is 0 Å². The van der Waals surface area contributed by atoms with Gasteiger partial charge in [-0.1, -0.05) is 66.2 Å². The molecule has 0 bridgehead atoms. The zero-order valence-corrected chi connectivity index (χ0v) is 18.2. The Kier molecular flexibility index (Phi) is 7.53. The van der Waals surface area contributed by atoms with E-state index < -0.39 is 0 Å². The van der Waals surface area contributed by atoms with Crippen molar-refractivity contribution in [2.75, 3.05) is 13.1 Å². The van der Waals surface area contributed by atoms with Gasteiger partial charge in [-0.2, -0.15) is 0 Å². The number of amides is 2. The van der Waals surface area contributed by atoms with Crippen LogP contribution in [0.25, 0.3) is 6.08 Å². The summed E-state index contributed by atoms with van der Waals surface area (Å²) in [5.74, 6) is 1.37. The zero-order chi connectivity index (χ0) is 22.0. The van der Waals surface area contributed by atoms with Crippen LogP contribution in [-0.4, -0.2) is 35.0 Å². The van der Waals surface area contributed by atoms with E-state index in [1.807, 2.05) is 77.7 Å². The van der Waals surface area contributed by atoms with Gasteiger partial charge in [0.25, 0.3) is 0 Å². The van der Waals surface area contributed by atoms with E-state index in [4.69, 9.17) is 4.74 Å². The van der Waals surface area contributed by atoms with Gasteiger partial charge in [-0.25, -0.2) is 9.78 Å². The van der Waals surface area contributed by atoms with Crippen LogP contribution in [0.2, 0.25) is 0 Å². The summed E-state index contributed by atoms with van der Waals surface area (Å²) in [5, 5.41) is 3.06. The number of likely N-dealkylation sites (tertiary alicyclic amines) is 1. The monoisotopic (exact) mass is 427 g/mol. The van der Waals surface area contributed by atoms with E-state index in [2.05, 4.69) is 22.4 Å². The lowest BCUT2D eigenvalue weighted by Crippen LogP contribution is -2.43. The number of nitrogens with one attached hydrogen (secondary N) is 1. The molecule has 5 heteroatoms. The maximum atomic E-state index is 12.1. The van der Waals surface area contributed by atoms with Crippen molar-refractivity contribution < 1.29 is 9.53 Å². The number of carbonyl (C=O) groups excluding carboxylic acids is 1. The van der Waals surface area contributed by atoms with E-state index in [1.165, 1.54) is 5.57 Å². The van der Waals surface area contributed by atoms with Crippen LogP contribution in [0.15, 0.2) is 90.6 Å². The molecule has 5 nitrogen and oxygen atoms in total. The van der Waals surface area contributed by atoms with E-state index in [0.29, 0.717) is 11.9 Å². The van der Waals surface area contributed by atoms with Crippen molar-refractivity contribution in [1.29, 1.82) is 0 Å². The van der Waals surface area contributed by atoms with Gasteiger partial charge in [0.1, 0.15) is 5.75 Å². The summed E-state index contributed by atoms with van der Waals surface area (Å²) >= 11 is 0. The molecule has 1 saturated heterocycles. The standard InChI is InChI=1S/C21H23N3O2.C6H6/c25-21(23-18-7-8-18)24-12-9-16(10-13-24)14-17-4-3-5-19(15-17)26-20-6-1-2-11-22-20;1-2-4-6-5-3-1/h1-6,11,14-15,18H,7-10,12-13H2,(H,23,25);1-6H. The number of aromatic nitrogens is 1. The fourth-order valence-corrected chi connectivity index (χ4v) is 3.45. The lowest BCUT2D eigenvalue weighted by molar-refractivity contribution is 0.193. The molecule has 5 rings (SSSR count). The summed E-state index contributed by atoms with van der Waals surface area (Å²) in [6, 6.07) is 26.1. The third-order valence-electron chi connectivity index (χ3n) is 5.35. The normalized spacial score (nSPS) is 15.2. The first-order valence-electron chi connectivity index (χ1n) is 11.2. The van der Waals surface area contributed by atoms with Crippen LogP contribution in [0.3, 0.4) is 0 Å². The molecule has 0 spiro atoms. The summed E-state index contributed by atoms with van der Waals surface area (Å²) in [6.45, 7) is 1.57. The van der Waals surface area contributed by atoms with Crippen LogP contribution < -0.4 is 10.1 Å². The van der Waals surface area contributed by atoms with E-state index in [9.17, 15) is 4.79 Å². The minimum absolute atomic E-state index is 0.0947. The second-order valence-corrected chi connectivity index (χ2v) is 8.01. The van der Waals surface area contributed by atoms with Gasteiger partial charge in [-0.3, -0.25) is 0 Å². The predicted molar refractivity (Wildman–Crippen MR) is 128 cm³/mol. The number of benzene rings is 2. The second-order valence-electron chi connectivity index (χ2n) is 8.01. The van der Waals surface area contributed by atoms with Crippen molar-refractivity contribution in [2.45, 2.75) is 31.7 Å². The van der Waals surface area contributed by atoms with Crippen LogP contribution in [0.4, 0.5) is 4.79 Å². The molecule has 0 unspecified atom stereocenters. The Labute approximate surface area is 189 Å². The highest BCUT2D eigenvalue weighted by Gasteiger charge is 2.27. The first kappa shape index (κ1) is 21.6. The Morgan fingerprint density at radius 3 is 2.28 bits per heavy atom. The van der Waals surface area contributed by atoms with Gasteiger partial charge in [-0.15, -0.1) is 0 Å². The highest BCUT2D eigenvalue weighted by atomic mass is 16.5. The molecule has 1 saturated carbocycles. The van der Waals surface area contributed by atoms with Crippen LogP contribution >= 0.6 is 0 Å². The Bertz CT molecular complexity index is 981. The third-order valence-corrected chi connectivity index (χ3v) is 5.35. The van der Waals surface area contributed by atoms with Gasteiger partial charge >= 0.3 is 6.03 Å². The van der Waals surface area contributed by atoms with Crippen molar-refractivity contribution >= 4 is 12.1 Å². The molecule has 0 atom stereocenters. The molecular weight excluding hydrogens is 398 g/mol. The Balaban J connectivity index is 0.000000354. The van der Waals surface area contributed by atoms with Crippen molar-refractivity contribution in [1.82, 2.24) is 15.2 Å². The molecule has 0 radical (unpaired) electrons. The molecule has 2 aromatic carbocycles. The largest absolute Gasteiger partial charge is 0.439 e. The summed E-state index contributed by atoms with van der Waals surface area (Å²) in [6.07, 6.45) is 8.02. The van der Waals surface area contributed by atoms with Crippen molar-refractivity contribution in [2.24, 2.45) is 0 Å². The lowest BCUT2D eigenvalue weighted by atomic mass is 10.0. The van der Waals surface area contributed by atoms with Crippen molar-refractivity contribution in [3.8, 4) is 11.6 Å². The van der Waals surface area contributed by atoms with Crippen LogP contribution in [0, 0.1) is 0 Å². The zero-order valence-electron chi connectivity index (χ0n) is 18.2. The quantitative estimate of drug-likeness (QED) is 0.563. The fourth-order valence-electron chi connectivity index (χ4n) is 3.45. The molecule has 32 heavy (non-hydrogen) atoms. The molecular formula is C27H29N3O2. The van der Waals surface area contributed by atoms with Gasteiger partial charge < -0.3 is 15.0 Å². The SMILES string of the molecule is O=C(NC1CC1)N1CCC(=Cc2cccc(Oc3ccccn3)c2)CC1.c1ccccc1. The number of hydrogen-bond acceptors (Lipinski definition) is 3. The number of carbonyl (C=O) groups is 1. The molecule has 1 aliphatic heterocycles. The topological polar surface area (TPSA) is 54.5 Å². The van der Waals surface area contributed by atoms with E-state index >= 15 is 0 Å². The number of nitrogens with zero attached hydrogens (tertiary/aromatic N) is 2. The molecule has 164 valence electrons. The third kappa shape index (κ3) is 6.98. The van der Waals surface area contributed by atoms with Gasteiger partial charge in [0.2, 0.25) is 5.88 Å². The average molecular weight is 428 g/mol. The molecule has 2 fully saturated rings. The highest BCUT2D eigenvalue weighted by Crippen LogP contribution is 2.25. The molecule has 1 N–H and O–H groups in total. The van der Waals surface area contributed by atoms with Crippen LogP contribution in [-0.2, 0) is 0 Å². The Hall–Kier alpha value is -3.60. The summed E-state index contributed by atoms with van der Waals surface area (Å²) in [4.78, 5) is 18.2. The summed E-state index contributed by atoms with van der Waals surface area (Å²) in [7, 11) is 0. The fraction of sp³-hybridized carbons (Fsp3) is 0.259. The molecule has 2 aliphatic rings. The van der Waals surface area contributed by atoms with E-state index in [-0.39, 0.29) is 6.03 Å². The number of pyridine rings is 1. The number of hydrogen-bond donors (Lipinski definition) is 1. The minimum atomic E-state index is 0.0947. The number of ether oxygens (including phenoxy) is 1. The average Bonchev–Trinajstić information content (AvgIpc) is 3.66. The minimum Gasteiger partial charge on any atom is -0.439 e. The van der Waals surface area contributed by atoms with Gasteiger partial charge in [0, 0.05) is 31.4 Å². The van der Waals surface area contributed by atoms with Crippen molar-refractivity contribution in [3.05, 3.63) is 96.2 Å². The predicted octanol–water partition coefficient (Wildman–Crippen LogP) is 5.91. The summed E-state index contributed by atoms with van der Waals surface area (Å²) < 4.78 is 5.80. The second kappa shape index (κ2) is 11.1. The Morgan fingerprint density at radius 2 is 1.66 bits per heavy atom.